The Bertz CT molecular complexity index is 185. The molecule has 0 aromatic carbocycles. The zero-order chi connectivity index (χ0) is 10.3. The smallest absolute Gasteiger partial charge is 0.185 e. The summed E-state index contributed by atoms with van der Waals surface area (Å²) < 4.78 is 0. The van der Waals surface area contributed by atoms with Crippen molar-refractivity contribution in [1.82, 2.24) is 0 Å². The summed E-state index contributed by atoms with van der Waals surface area (Å²) >= 11 is 0. The van der Waals surface area contributed by atoms with Crippen molar-refractivity contribution in [2.75, 3.05) is 6.54 Å². The van der Waals surface area contributed by atoms with Crippen LogP contribution in [-0.4, -0.2) is 18.3 Å². The molecule has 0 heterocycles. The van der Waals surface area contributed by atoms with Gasteiger partial charge in [0.1, 0.15) is 5.78 Å². The molecule has 4 nitrogen and oxygen atoms in total. The van der Waals surface area contributed by atoms with Gasteiger partial charge in [-0.2, -0.15) is 0 Å². The molecule has 0 saturated heterocycles. The molecule has 0 rings (SSSR count). The first-order chi connectivity index (χ1) is 6.07. The molecule has 0 bridgehead atoms. The van der Waals surface area contributed by atoms with Gasteiger partial charge in [-0.1, -0.05) is 6.92 Å². The van der Waals surface area contributed by atoms with Gasteiger partial charge in [0, 0.05) is 12.5 Å². The van der Waals surface area contributed by atoms with Gasteiger partial charge in [0.15, 0.2) is 5.96 Å². The number of carbonyl (C=O) groups excluding carboxylic acids is 1. The van der Waals surface area contributed by atoms with Crippen molar-refractivity contribution in [3.8, 4) is 0 Å². The largest absolute Gasteiger partial charge is 0.370 e. The zero-order valence-electron chi connectivity index (χ0n) is 8.42. The minimum atomic E-state index is 0.121. The van der Waals surface area contributed by atoms with Crippen molar-refractivity contribution >= 4 is 11.7 Å². The molecule has 0 amide bonds. The van der Waals surface area contributed by atoms with Gasteiger partial charge in [-0.25, -0.2) is 0 Å². The molecule has 0 aromatic rings. The molecule has 0 aliphatic rings. The second-order valence-corrected chi connectivity index (χ2v) is 3.16. The van der Waals surface area contributed by atoms with E-state index in [2.05, 4.69) is 4.99 Å². The van der Waals surface area contributed by atoms with Crippen LogP contribution in [-0.2, 0) is 4.79 Å². The molecule has 4 N–H and O–H groups in total. The Hall–Kier alpha value is -1.06. The maximum absolute atomic E-state index is 11.0. The fourth-order valence-electron chi connectivity index (χ4n) is 1.24. The highest BCUT2D eigenvalue weighted by molar-refractivity contribution is 5.78. The lowest BCUT2D eigenvalue weighted by Crippen LogP contribution is -2.23. The van der Waals surface area contributed by atoms with Crippen LogP contribution in [0.4, 0.5) is 0 Å². The molecule has 0 spiro atoms. The van der Waals surface area contributed by atoms with Crippen LogP contribution in [0.2, 0.25) is 0 Å². The number of ketones is 1. The van der Waals surface area contributed by atoms with E-state index in [1.807, 2.05) is 6.92 Å². The standard InChI is InChI=1S/C9H19N3O/c1-3-8(7(2)13)5-4-6-12-9(10)11/h8H,3-6H2,1-2H3,(H4,10,11,12)/t8-/m0/s1. The summed E-state index contributed by atoms with van der Waals surface area (Å²) in [6.45, 7) is 4.27. The number of hydrogen-bond donors (Lipinski definition) is 2. The molecule has 0 fully saturated rings. The predicted molar refractivity (Wildman–Crippen MR) is 54.4 cm³/mol. The van der Waals surface area contributed by atoms with Crippen LogP contribution in [0.5, 0.6) is 0 Å². The second-order valence-electron chi connectivity index (χ2n) is 3.16. The predicted octanol–water partition coefficient (Wildman–Crippen LogP) is 0.655. The molecule has 0 aliphatic heterocycles. The summed E-state index contributed by atoms with van der Waals surface area (Å²) in [5.41, 5.74) is 10.3. The van der Waals surface area contributed by atoms with Gasteiger partial charge in [0.05, 0.1) is 0 Å². The molecule has 76 valence electrons. The maximum atomic E-state index is 11.0. The van der Waals surface area contributed by atoms with Gasteiger partial charge in [-0.3, -0.25) is 9.79 Å². The molecule has 1 atom stereocenters. The number of hydrogen-bond acceptors (Lipinski definition) is 2. The molecular formula is C9H19N3O. The van der Waals surface area contributed by atoms with Crippen molar-refractivity contribution in [2.24, 2.45) is 22.4 Å². The lowest BCUT2D eigenvalue weighted by molar-refractivity contribution is -0.121. The highest BCUT2D eigenvalue weighted by Crippen LogP contribution is 2.11. The first-order valence-corrected chi connectivity index (χ1v) is 4.63. The fraction of sp³-hybridized carbons (Fsp3) is 0.778. The van der Waals surface area contributed by atoms with Crippen molar-refractivity contribution in [3.63, 3.8) is 0 Å². The third kappa shape index (κ3) is 6.13. The number of nitrogens with zero attached hydrogens (tertiary/aromatic N) is 1. The average Bonchev–Trinajstić information content (AvgIpc) is 2.03. The molecule has 0 unspecified atom stereocenters. The van der Waals surface area contributed by atoms with Crippen LogP contribution in [0, 0.1) is 5.92 Å². The summed E-state index contributed by atoms with van der Waals surface area (Å²) in [5.74, 6) is 0.553. The van der Waals surface area contributed by atoms with Crippen LogP contribution < -0.4 is 11.5 Å². The van der Waals surface area contributed by atoms with E-state index in [1.165, 1.54) is 0 Å². The number of aliphatic imine (C=N–C) groups is 1. The topological polar surface area (TPSA) is 81.5 Å². The van der Waals surface area contributed by atoms with Crippen LogP contribution in [0.1, 0.15) is 33.1 Å². The summed E-state index contributed by atoms with van der Waals surface area (Å²) in [4.78, 5) is 14.9. The summed E-state index contributed by atoms with van der Waals surface area (Å²) in [6, 6.07) is 0. The average molecular weight is 185 g/mol. The summed E-state index contributed by atoms with van der Waals surface area (Å²) in [5, 5.41) is 0. The minimum Gasteiger partial charge on any atom is -0.370 e. The van der Waals surface area contributed by atoms with Crippen molar-refractivity contribution in [1.29, 1.82) is 0 Å². The van der Waals surface area contributed by atoms with Gasteiger partial charge in [0.2, 0.25) is 0 Å². The third-order valence-corrected chi connectivity index (χ3v) is 2.07. The Morgan fingerprint density at radius 2 is 2.08 bits per heavy atom. The Kier molecular flexibility index (Phi) is 5.93. The highest BCUT2D eigenvalue weighted by atomic mass is 16.1. The van der Waals surface area contributed by atoms with Crippen molar-refractivity contribution in [2.45, 2.75) is 33.1 Å². The molecule has 0 saturated carbocycles. The maximum Gasteiger partial charge on any atom is 0.185 e. The van der Waals surface area contributed by atoms with E-state index in [9.17, 15) is 4.79 Å². The number of Topliss-reactive ketones (excluding diaryl/α,β-unsaturated/α-hetero) is 1. The van der Waals surface area contributed by atoms with E-state index in [1.54, 1.807) is 6.92 Å². The quantitative estimate of drug-likeness (QED) is 0.362. The summed E-state index contributed by atoms with van der Waals surface area (Å²) in [7, 11) is 0. The minimum absolute atomic E-state index is 0.121. The Morgan fingerprint density at radius 3 is 2.46 bits per heavy atom. The first kappa shape index (κ1) is 11.9. The monoisotopic (exact) mass is 185 g/mol. The van der Waals surface area contributed by atoms with Gasteiger partial charge >= 0.3 is 0 Å². The number of nitrogens with two attached hydrogens (primary N) is 2. The van der Waals surface area contributed by atoms with E-state index in [0.29, 0.717) is 6.54 Å². The molecular weight excluding hydrogens is 166 g/mol. The van der Waals surface area contributed by atoms with E-state index in [-0.39, 0.29) is 17.7 Å². The Morgan fingerprint density at radius 1 is 1.46 bits per heavy atom. The van der Waals surface area contributed by atoms with Crippen molar-refractivity contribution < 1.29 is 4.79 Å². The third-order valence-electron chi connectivity index (χ3n) is 2.07. The molecule has 0 aromatic heterocycles. The van der Waals surface area contributed by atoms with Crippen molar-refractivity contribution in [3.05, 3.63) is 0 Å². The Balaban J connectivity index is 3.62. The molecule has 0 aliphatic carbocycles. The molecule has 4 heteroatoms. The van der Waals surface area contributed by atoms with Gasteiger partial charge < -0.3 is 11.5 Å². The first-order valence-electron chi connectivity index (χ1n) is 4.63. The molecule has 0 radical (unpaired) electrons. The summed E-state index contributed by atoms with van der Waals surface area (Å²) in [6.07, 6.45) is 2.65. The van der Waals surface area contributed by atoms with E-state index in [4.69, 9.17) is 11.5 Å². The van der Waals surface area contributed by atoms with Crippen LogP contribution >= 0.6 is 0 Å². The zero-order valence-corrected chi connectivity index (χ0v) is 8.42. The SMILES string of the molecule is CC[C@@H](CCCN=C(N)N)C(C)=O. The highest BCUT2D eigenvalue weighted by Gasteiger charge is 2.10. The van der Waals surface area contributed by atoms with Crippen LogP contribution in [0.15, 0.2) is 4.99 Å². The van der Waals surface area contributed by atoms with E-state index < -0.39 is 0 Å². The van der Waals surface area contributed by atoms with Gasteiger partial charge in [0.25, 0.3) is 0 Å². The van der Waals surface area contributed by atoms with Gasteiger partial charge in [-0.05, 0) is 26.2 Å². The number of guanidine groups is 1. The van der Waals surface area contributed by atoms with E-state index in [0.717, 1.165) is 19.3 Å². The fourth-order valence-corrected chi connectivity index (χ4v) is 1.24. The lowest BCUT2D eigenvalue weighted by Gasteiger charge is -2.08. The van der Waals surface area contributed by atoms with Gasteiger partial charge in [-0.15, -0.1) is 0 Å². The van der Waals surface area contributed by atoms with Crippen LogP contribution in [0.25, 0.3) is 0 Å². The second kappa shape index (κ2) is 6.46. The van der Waals surface area contributed by atoms with E-state index >= 15 is 0 Å². The normalized spacial score (nSPS) is 12.2. The molecule has 13 heavy (non-hydrogen) atoms. The number of rotatable bonds is 6. The Labute approximate surface area is 79.4 Å². The number of carbonyl (C=O) groups is 1. The van der Waals surface area contributed by atoms with Crippen LogP contribution in [0.3, 0.4) is 0 Å². The lowest BCUT2D eigenvalue weighted by atomic mass is 9.96.